The summed E-state index contributed by atoms with van der Waals surface area (Å²) in [5.41, 5.74) is 4.76. The van der Waals surface area contributed by atoms with Crippen molar-refractivity contribution in [2.45, 2.75) is 24.7 Å². The molecule has 0 bridgehead atoms. The molecular formula is C32H27N3O5S. The van der Waals surface area contributed by atoms with E-state index >= 15 is 0 Å². The quantitative estimate of drug-likeness (QED) is 0.218. The molecular weight excluding hydrogens is 538 g/mol. The van der Waals surface area contributed by atoms with Gasteiger partial charge in [0.1, 0.15) is 40.2 Å². The van der Waals surface area contributed by atoms with Gasteiger partial charge in [-0.05, 0) is 90.3 Å². The standard InChI is InChI=1S/C32H27N3O5S/c1-32(30(37)34-31(38)41-32)18-20-3-11-24(12-4-20)39-19-29-33-27-16-15-26(17-28(27)35(29)2)40-25-13-7-22(8-14-25)21-5-9-23(36)10-6-21/h3-17,36H,18-19H2,1-2H3,(H,34,37,38)/t32-/m1/s1. The lowest BCUT2D eigenvalue weighted by Crippen LogP contribution is -2.35. The van der Waals surface area contributed by atoms with E-state index in [9.17, 15) is 14.7 Å². The summed E-state index contributed by atoms with van der Waals surface area (Å²) in [6, 6.07) is 28.2. The summed E-state index contributed by atoms with van der Waals surface area (Å²) < 4.78 is 13.3. The molecule has 41 heavy (non-hydrogen) atoms. The molecule has 1 atom stereocenters. The average molecular weight is 566 g/mol. The van der Waals surface area contributed by atoms with Crippen molar-refractivity contribution in [2.24, 2.45) is 7.05 Å². The number of rotatable bonds is 8. The first-order valence-electron chi connectivity index (χ1n) is 13.0. The van der Waals surface area contributed by atoms with Crippen molar-refractivity contribution in [3.05, 3.63) is 102 Å². The Labute approximate surface area is 240 Å². The Morgan fingerprint density at radius 1 is 0.878 bits per heavy atom. The number of ether oxygens (including phenoxy) is 2. The Balaban J connectivity index is 1.10. The van der Waals surface area contributed by atoms with Crippen LogP contribution in [-0.4, -0.2) is 30.6 Å². The van der Waals surface area contributed by atoms with Gasteiger partial charge in [0.05, 0.1) is 11.0 Å². The monoisotopic (exact) mass is 565 g/mol. The number of aromatic nitrogens is 2. The van der Waals surface area contributed by atoms with Crippen LogP contribution in [0.2, 0.25) is 0 Å². The van der Waals surface area contributed by atoms with Crippen molar-refractivity contribution in [1.82, 2.24) is 14.9 Å². The summed E-state index contributed by atoms with van der Waals surface area (Å²) in [6.45, 7) is 2.06. The maximum absolute atomic E-state index is 12.1. The van der Waals surface area contributed by atoms with Crippen molar-refractivity contribution in [3.8, 4) is 34.1 Å². The summed E-state index contributed by atoms with van der Waals surface area (Å²) >= 11 is 1.03. The number of carbonyl (C=O) groups excluding carboxylic acids is 2. The fourth-order valence-corrected chi connectivity index (χ4v) is 5.71. The molecule has 0 spiro atoms. The van der Waals surface area contributed by atoms with Gasteiger partial charge in [0, 0.05) is 13.1 Å². The lowest BCUT2D eigenvalue weighted by Gasteiger charge is -2.18. The van der Waals surface area contributed by atoms with Gasteiger partial charge < -0.3 is 19.1 Å². The smallest absolute Gasteiger partial charge is 0.286 e. The van der Waals surface area contributed by atoms with E-state index in [1.165, 1.54) is 0 Å². The molecule has 206 valence electrons. The summed E-state index contributed by atoms with van der Waals surface area (Å²) in [5.74, 6) is 2.85. The Kier molecular flexibility index (Phi) is 6.88. The number of amides is 2. The van der Waals surface area contributed by atoms with Crippen molar-refractivity contribution < 1.29 is 24.2 Å². The number of hydrogen-bond acceptors (Lipinski definition) is 7. The molecule has 2 N–H and O–H groups in total. The number of fused-ring (bicyclic) bond motifs is 1. The average Bonchev–Trinajstić information content (AvgIpc) is 3.41. The molecule has 2 amide bonds. The number of hydrogen-bond donors (Lipinski definition) is 2. The summed E-state index contributed by atoms with van der Waals surface area (Å²) in [4.78, 5) is 28.4. The molecule has 1 aliphatic heterocycles. The molecule has 1 aromatic heterocycles. The number of phenolic OH excluding ortho intramolecular Hbond substituents is 1. The van der Waals surface area contributed by atoms with Gasteiger partial charge in [-0.15, -0.1) is 0 Å². The number of thioether (sulfide) groups is 1. The molecule has 1 fully saturated rings. The first-order valence-corrected chi connectivity index (χ1v) is 13.9. The van der Waals surface area contributed by atoms with E-state index in [0.29, 0.717) is 23.7 Å². The second kappa shape index (κ2) is 10.7. The molecule has 9 heteroatoms. The molecule has 4 aromatic carbocycles. The highest BCUT2D eigenvalue weighted by Gasteiger charge is 2.43. The van der Waals surface area contributed by atoms with Crippen LogP contribution in [0.15, 0.2) is 91.0 Å². The fraction of sp³-hybridized carbons (Fsp3) is 0.156. The minimum atomic E-state index is -0.799. The summed E-state index contributed by atoms with van der Waals surface area (Å²) in [6.07, 6.45) is 0.452. The SMILES string of the molecule is Cn1c(COc2ccc(C[C@@]3(C)SC(=O)NC3=O)cc2)nc2ccc(Oc3ccc(-c4ccc(O)cc4)cc3)cc21. The van der Waals surface area contributed by atoms with E-state index in [0.717, 1.165) is 45.3 Å². The maximum Gasteiger partial charge on any atom is 0.286 e. The van der Waals surface area contributed by atoms with Gasteiger partial charge in [-0.1, -0.05) is 36.4 Å². The van der Waals surface area contributed by atoms with E-state index in [1.807, 2.05) is 90.5 Å². The van der Waals surface area contributed by atoms with Gasteiger partial charge >= 0.3 is 0 Å². The van der Waals surface area contributed by atoms with E-state index in [-0.39, 0.29) is 23.5 Å². The number of imidazole rings is 1. The number of aryl methyl sites for hydroxylation is 1. The van der Waals surface area contributed by atoms with Gasteiger partial charge in [-0.2, -0.15) is 0 Å². The molecule has 0 radical (unpaired) electrons. The second-order valence-corrected chi connectivity index (χ2v) is 11.6. The molecule has 1 aliphatic rings. The number of nitrogens with zero attached hydrogens (tertiary/aromatic N) is 2. The van der Waals surface area contributed by atoms with Crippen molar-refractivity contribution in [3.63, 3.8) is 0 Å². The minimum Gasteiger partial charge on any atom is -0.508 e. The highest BCUT2D eigenvalue weighted by Crippen LogP contribution is 2.35. The third kappa shape index (κ3) is 5.62. The van der Waals surface area contributed by atoms with Gasteiger partial charge in [0.15, 0.2) is 0 Å². The van der Waals surface area contributed by atoms with Crippen LogP contribution in [0, 0.1) is 0 Å². The molecule has 8 nitrogen and oxygen atoms in total. The van der Waals surface area contributed by atoms with E-state index in [4.69, 9.17) is 14.5 Å². The Morgan fingerprint density at radius 2 is 1.51 bits per heavy atom. The van der Waals surface area contributed by atoms with Crippen LogP contribution in [0.4, 0.5) is 4.79 Å². The Bertz CT molecular complexity index is 1750. The summed E-state index contributed by atoms with van der Waals surface area (Å²) in [5, 5.41) is 11.6. The van der Waals surface area contributed by atoms with Crippen molar-refractivity contribution in [1.29, 1.82) is 0 Å². The number of carbonyl (C=O) groups is 2. The normalized spacial score (nSPS) is 16.6. The number of nitrogens with one attached hydrogen (secondary N) is 1. The number of aromatic hydroxyl groups is 1. The molecule has 5 aromatic rings. The van der Waals surface area contributed by atoms with Crippen LogP contribution in [0.3, 0.4) is 0 Å². The van der Waals surface area contributed by atoms with Crippen LogP contribution in [0.1, 0.15) is 18.3 Å². The van der Waals surface area contributed by atoms with Crippen LogP contribution >= 0.6 is 11.8 Å². The lowest BCUT2D eigenvalue weighted by molar-refractivity contribution is -0.121. The lowest BCUT2D eigenvalue weighted by atomic mass is 9.99. The number of benzene rings is 4. The predicted molar refractivity (Wildman–Crippen MR) is 158 cm³/mol. The van der Waals surface area contributed by atoms with Crippen LogP contribution < -0.4 is 14.8 Å². The molecule has 1 saturated heterocycles. The zero-order chi connectivity index (χ0) is 28.6. The van der Waals surface area contributed by atoms with Gasteiger partial charge in [-0.3, -0.25) is 14.9 Å². The first kappa shape index (κ1) is 26.5. The number of phenols is 1. The Morgan fingerprint density at radius 3 is 2.17 bits per heavy atom. The highest BCUT2D eigenvalue weighted by atomic mass is 32.2. The molecule has 0 aliphatic carbocycles. The third-order valence-corrected chi connectivity index (χ3v) is 8.15. The zero-order valence-electron chi connectivity index (χ0n) is 22.5. The van der Waals surface area contributed by atoms with Gasteiger partial charge in [0.2, 0.25) is 5.91 Å². The predicted octanol–water partition coefficient (Wildman–Crippen LogP) is 6.60. The van der Waals surface area contributed by atoms with Crippen LogP contribution in [0.25, 0.3) is 22.2 Å². The third-order valence-electron chi connectivity index (χ3n) is 7.08. The van der Waals surface area contributed by atoms with Gasteiger partial charge in [-0.25, -0.2) is 4.98 Å². The fourth-order valence-electron chi connectivity index (χ4n) is 4.78. The topological polar surface area (TPSA) is 103 Å². The first-order chi connectivity index (χ1) is 19.8. The molecule has 6 rings (SSSR count). The molecule has 0 saturated carbocycles. The van der Waals surface area contributed by atoms with Gasteiger partial charge in [0.25, 0.3) is 5.24 Å². The summed E-state index contributed by atoms with van der Waals surface area (Å²) in [7, 11) is 1.94. The van der Waals surface area contributed by atoms with E-state index in [1.54, 1.807) is 19.1 Å². The van der Waals surface area contributed by atoms with Crippen LogP contribution in [-0.2, 0) is 24.9 Å². The molecule has 0 unspecified atom stereocenters. The molecule has 2 heterocycles. The highest BCUT2D eigenvalue weighted by molar-refractivity contribution is 8.16. The van der Waals surface area contributed by atoms with Crippen LogP contribution in [0.5, 0.6) is 23.0 Å². The second-order valence-electron chi connectivity index (χ2n) is 10.1. The van der Waals surface area contributed by atoms with E-state index < -0.39 is 4.75 Å². The van der Waals surface area contributed by atoms with Crippen molar-refractivity contribution >= 4 is 33.9 Å². The zero-order valence-corrected chi connectivity index (χ0v) is 23.3. The maximum atomic E-state index is 12.1. The Hall–Kier alpha value is -4.76. The minimum absolute atomic E-state index is 0.240. The van der Waals surface area contributed by atoms with E-state index in [2.05, 4.69) is 5.32 Å². The largest absolute Gasteiger partial charge is 0.508 e. The van der Waals surface area contributed by atoms with Crippen molar-refractivity contribution in [2.75, 3.05) is 0 Å². The number of imide groups is 1.